The van der Waals surface area contributed by atoms with Crippen molar-refractivity contribution < 1.29 is 19.3 Å². The van der Waals surface area contributed by atoms with Gasteiger partial charge in [0.15, 0.2) is 17.3 Å². The Labute approximate surface area is 148 Å². The summed E-state index contributed by atoms with van der Waals surface area (Å²) in [5.74, 6) is 2.94. The maximum absolute atomic E-state index is 14.2. The Bertz CT molecular complexity index is 767. The summed E-state index contributed by atoms with van der Waals surface area (Å²) in [6.45, 7) is 2.13. The van der Waals surface area contributed by atoms with Crippen LogP contribution < -0.4 is 4.74 Å². The molecule has 25 heavy (non-hydrogen) atoms. The molecule has 3 aliphatic carbocycles. The molecule has 0 aliphatic heterocycles. The van der Waals surface area contributed by atoms with E-state index in [2.05, 4.69) is 12.8 Å². The van der Waals surface area contributed by atoms with E-state index in [0.717, 1.165) is 43.2 Å². The van der Waals surface area contributed by atoms with Crippen LogP contribution in [0, 0.1) is 35.4 Å². The van der Waals surface area contributed by atoms with Gasteiger partial charge in [0.1, 0.15) is 5.60 Å². The molecule has 4 heteroatoms. The number of aromatic hydroxyl groups is 1. The Balaban J connectivity index is 1.77. The molecular weight excluding hydrogens is 319 g/mol. The molecule has 1 aromatic rings. The Morgan fingerprint density at radius 3 is 2.76 bits per heavy atom. The van der Waals surface area contributed by atoms with Crippen LogP contribution in [-0.4, -0.2) is 22.9 Å². The lowest BCUT2D eigenvalue weighted by Gasteiger charge is -2.52. The van der Waals surface area contributed by atoms with Crippen LogP contribution in [0.1, 0.15) is 56.1 Å². The van der Waals surface area contributed by atoms with Crippen molar-refractivity contribution in [3.05, 3.63) is 23.0 Å². The second kappa shape index (κ2) is 5.38. The first-order valence-corrected chi connectivity index (χ1v) is 9.14. The number of rotatable bonds is 1. The molecule has 2 N–H and O–H groups in total. The van der Waals surface area contributed by atoms with Gasteiger partial charge in [0.05, 0.1) is 7.11 Å². The number of methoxy groups -OCH3 is 1. The van der Waals surface area contributed by atoms with E-state index < -0.39 is 11.4 Å². The normalized spacial score (nSPS) is 39.1. The maximum atomic E-state index is 14.2. The Morgan fingerprint density at radius 1 is 1.32 bits per heavy atom. The third-order valence-corrected chi connectivity index (χ3v) is 7.50. The molecule has 0 aromatic heterocycles. The van der Waals surface area contributed by atoms with Gasteiger partial charge >= 0.3 is 0 Å². The van der Waals surface area contributed by atoms with Gasteiger partial charge in [-0.05, 0) is 67.9 Å². The van der Waals surface area contributed by atoms with Gasteiger partial charge in [-0.3, -0.25) is 0 Å². The van der Waals surface area contributed by atoms with Crippen molar-refractivity contribution >= 4 is 0 Å². The lowest BCUT2D eigenvalue weighted by atomic mass is 9.53. The van der Waals surface area contributed by atoms with E-state index in [9.17, 15) is 14.6 Å². The Kier molecular flexibility index (Phi) is 3.60. The highest BCUT2D eigenvalue weighted by molar-refractivity contribution is 5.53. The van der Waals surface area contributed by atoms with Crippen LogP contribution in [-0.2, 0) is 6.42 Å². The summed E-state index contributed by atoms with van der Waals surface area (Å²) in [6, 6.07) is 1.50. The average Bonchev–Trinajstić information content (AvgIpc) is 2.88. The zero-order valence-corrected chi connectivity index (χ0v) is 14.8. The van der Waals surface area contributed by atoms with Crippen molar-refractivity contribution in [2.75, 3.05) is 7.11 Å². The number of halogens is 1. The summed E-state index contributed by atoms with van der Waals surface area (Å²) in [5.41, 5.74) is 0.624. The molecule has 2 fully saturated rings. The van der Waals surface area contributed by atoms with E-state index in [1.54, 1.807) is 0 Å². The average molecular weight is 344 g/mol. The molecule has 0 saturated heterocycles. The van der Waals surface area contributed by atoms with Crippen molar-refractivity contribution in [1.29, 1.82) is 0 Å². The molecule has 0 spiro atoms. The van der Waals surface area contributed by atoms with E-state index in [0.29, 0.717) is 18.3 Å². The Morgan fingerprint density at radius 2 is 2.08 bits per heavy atom. The number of phenols is 1. The molecule has 134 valence electrons. The standard InChI is InChI=1S/C21H25FO3/c1-4-21(24)10-8-16-13-5-6-14-15(12(13)7-9-20(16,21)2)11-17(22)18(23)19(14)25-3/h1,11-13,16,23-24H,5-10H2,2-3H3/t12-,13+,16-,20-,21-/m0/s1. The molecule has 4 rings (SSSR count). The quantitative estimate of drug-likeness (QED) is 0.763. The predicted molar refractivity (Wildman–Crippen MR) is 93.0 cm³/mol. The molecule has 0 bridgehead atoms. The smallest absolute Gasteiger partial charge is 0.194 e. The largest absolute Gasteiger partial charge is 0.502 e. The van der Waals surface area contributed by atoms with E-state index in [4.69, 9.17) is 11.2 Å². The van der Waals surface area contributed by atoms with Gasteiger partial charge in [-0.1, -0.05) is 12.8 Å². The molecule has 0 unspecified atom stereocenters. The van der Waals surface area contributed by atoms with Crippen molar-refractivity contribution in [2.24, 2.45) is 17.3 Å². The molecular formula is C21H25FO3. The lowest BCUT2D eigenvalue weighted by molar-refractivity contribution is -0.0647. The number of hydrogen-bond donors (Lipinski definition) is 2. The monoisotopic (exact) mass is 344 g/mol. The fraction of sp³-hybridized carbons (Fsp3) is 0.619. The zero-order chi connectivity index (χ0) is 18.0. The van der Waals surface area contributed by atoms with E-state index in [1.807, 2.05) is 0 Å². The molecule has 0 heterocycles. The van der Waals surface area contributed by atoms with Crippen LogP contribution >= 0.6 is 0 Å². The zero-order valence-electron chi connectivity index (χ0n) is 14.8. The fourth-order valence-electron chi connectivity index (χ4n) is 6.12. The minimum Gasteiger partial charge on any atom is -0.502 e. The fourth-order valence-corrected chi connectivity index (χ4v) is 6.12. The van der Waals surface area contributed by atoms with E-state index in [-0.39, 0.29) is 22.8 Å². The SMILES string of the molecule is C#C[C@]1(O)CC[C@H]2[C@@H]3CCc4c(cc(F)c(O)c4OC)[C@H]3CC[C@@]21C. The van der Waals surface area contributed by atoms with Gasteiger partial charge in [0.25, 0.3) is 0 Å². The Hall–Kier alpha value is -1.73. The summed E-state index contributed by atoms with van der Waals surface area (Å²) >= 11 is 0. The molecule has 1 aromatic carbocycles. The summed E-state index contributed by atoms with van der Waals surface area (Å²) in [6.07, 6.45) is 10.7. The highest BCUT2D eigenvalue weighted by Crippen LogP contribution is 2.64. The first kappa shape index (κ1) is 16.7. The minimum absolute atomic E-state index is 0.242. The van der Waals surface area contributed by atoms with Crippen LogP contribution in [0.5, 0.6) is 11.5 Å². The second-order valence-corrected chi connectivity index (χ2v) is 8.22. The van der Waals surface area contributed by atoms with Crippen molar-refractivity contribution in [3.63, 3.8) is 0 Å². The summed E-state index contributed by atoms with van der Waals surface area (Å²) in [4.78, 5) is 0. The van der Waals surface area contributed by atoms with Crippen LogP contribution in [0.25, 0.3) is 0 Å². The molecule has 0 amide bonds. The third-order valence-electron chi connectivity index (χ3n) is 7.50. The maximum Gasteiger partial charge on any atom is 0.194 e. The van der Waals surface area contributed by atoms with Crippen molar-refractivity contribution in [1.82, 2.24) is 0 Å². The van der Waals surface area contributed by atoms with E-state index >= 15 is 0 Å². The van der Waals surface area contributed by atoms with Crippen LogP contribution in [0.15, 0.2) is 6.07 Å². The predicted octanol–water partition coefficient (Wildman–Crippen LogP) is 3.76. The molecule has 5 atom stereocenters. The van der Waals surface area contributed by atoms with Gasteiger partial charge < -0.3 is 14.9 Å². The highest BCUT2D eigenvalue weighted by Gasteiger charge is 2.61. The number of terminal acetylenes is 1. The number of phenolic OH excluding ortho intramolecular Hbond substituents is 1. The summed E-state index contributed by atoms with van der Waals surface area (Å²) in [5, 5.41) is 20.9. The lowest BCUT2D eigenvalue weighted by Crippen LogP contribution is -2.50. The van der Waals surface area contributed by atoms with Crippen LogP contribution in [0.4, 0.5) is 4.39 Å². The number of hydrogen-bond acceptors (Lipinski definition) is 3. The molecule has 2 saturated carbocycles. The highest BCUT2D eigenvalue weighted by atomic mass is 19.1. The van der Waals surface area contributed by atoms with Gasteiger partial charge in [-0.2, -0.15) is 0 Å². The number of aliphatic hydroxyl groups is 1. The molecule has 0 radical (unpaired) electrons. The third kappa shape index (κ3) is 2.02. The first-order chi connectivity index (χ1) is 11.9. The van der Waals surface area contributed by atoms with Gasteiger partial charge in [-0.15, -0.1) is 6.42 Å². The van der Waals surface area contributed by atoms with Gasteiger partial charge in [-0.25, -0.2) is 4.39 Å². The summed E-state index contributed by atoms with van der Waals surface area (Å²) in [7, 11) is 1.48. The van der Waals surface area contributed by atoms with Crippen LogP contribution in [0.2, 0.25) is 0 Å². The van der Waals surface area contributed by atoms with Crippen LogP contribution in [0.3, 0.4) is 0 Å². The number of benzene rings is 1. The minimum atomic E-state index is -1.03. The second-order valence-electron chi connectivity index (χ2n) is 8.22. The van der Waals surface area contributed by atoms with Crippen molar-refractivity contribution in [2.45, 2.75) is 57.0 Å². The first-order valence-electron chi connectivity index (χ1n) is 9.14. The number of fused-ring (bicyclic) bond motifs is 5. The summed E-state index contributed by atoms with van der Waals surface area (Å²) < 4.78 is 19.5. The van der Waals surface area contributed by atoms with Crippen molar-refractivity contribution in [3.8, 4) is 23.8 Å². The van der Waals surface area contributed by atoms with E-state index in [1.165, 1.54) is 13.2 Å². The number of ether oxygens (including phenoxy) is 1. The van der Waals surface area contributed by atoms with Gasteiger partial charge in [0.2, 0.25) is 0 Å². The van der Waals surface area contributed by atoms with Gasteiger partial charge in [0, 0.05) is 11.0 Å². The topological polar surface area (TPSA) is 49.7 Å². The molecule has 3 aliphatic rings. The molecule has 3 nitrogen and oxygen atoms in total.